The van der Waals surface area contributed by atoms with Gasteiger partial charge in [-0.1, -0.05) is 18.2 Å². The number of benzene rings is 2. The number of ether oxygens (including phenoxy) is 2. The normalized spacial score (nSPS) is 17.4. The highest BCUT2D eigenvalue weighted by Gasteiger charge is 2.31. The Kier molecular flexibility index (Phi) is 4.70. The summed E-state index contributed by atoms with van der Waals surface area (Å²) in [6.07, 6.45) is -2.52. The molecule has 0 unspecified atom stereocenters. The highest BCUT2D eigenvalue weighted by molar-refractivity contribution is 5.83. The van der Waals surface area contributed by atoms with Gasteiger partial charge in [-0.3, -0.25) is 0 Å². The van der Waals surface area contributed by atoms with Crippen LogP contribution >= 0.6 is 0 Å². The number of halogens is 3. The van der Waals surface area contributed by atoms with E-state index in [0.717, 1.165) is 30.0 Å². The van der Waals surface area contributed by atoms with Gasteiger partial charge in [0.1, 0.15) is 5.75 Å². The molecule has 142 valence electrons. The van der Waals surface area contributed by atoms with Gasteiger partial charge in [0.15, 0.2) is 0 Å². The maximum atomic E-state index is 12.4. The summed E-state index contributed by atoms with van der Waals surface area (Å²) in [6.45, 7) is 3.77. The number of nitrogens with zero attached hydrogens (tertiary/aromatic N) is 2. The first kappa shape index (κ1) is 17.7. The maximum absolute atomic E-state index is 12.4. The summed E-state index contributed by atoms with van der Waals surface area (Å²) >= 11 is 0. The van der Waals surface area contributed by atoms with Crippen LogP contribution in [0.3, 0.4) is 0 Å². The molecule has 27 heavy (non-hydrogen) atoms. The summed E-state index contributed by atoms with van der Waals surface area (Å²) in [4.78, 5) is 4.40. The van der Waals surface area contributed by atoms with Crippen molar-refractivity contribution in [3.05, 3.63) is 60.2 Å². The molecule has 0 N–H and O–H groups in total. The summed E-state index contributed by atoms with van der Waals surface area (Å²) < 4.78 is 46.5. The average molecular weight is 376 g/mol. The fourth-order valence-corrected chi connectivity index (χ4v) is 3.49. The van der Waals surface area contributed by atoms with Crippen LogP contribution in [0.25, 0.3) is 5.70 Å². The van der Waals surface area contributed by atoms with Crippen molar-refractivity contribution in [1.82, 2.24) is 4.90 Å². The lowest BCUT2D eigenvalue weighted by atomic mass is 10.0. The van der Waals surface area contributed by atoms with E-state index in [-0.39, 0.29) is 5.75 Å². The lowest BCUT2D eigenvalue weighted by Gasteiger charge is -2.37. The van der Waals surface area contributed by atoms with Gasteiger partial charge < -0.3 is 19.3 Å². The van der Waals surface area contributed by atoms with Crippen molar-refractivity contribution in [1.29, 1.82) is 0 Å². The molecular weight excluding hydrogens is 357 g/mol. The first-order valence-corrected chi connectivity index (χ1v) is 8.77. The minimum Gasteiger partial charge on any atom is -0.406 e. The molecule has 0 aromatic heterocycles. The molecule has 0 aliphatic carbocycles. The second kappa shape index (κ2) is 7.15. The van der Waals surface area contributed by atoms with E-state index in [4.69, 9.17) is 4.74 Å². The molecule has 2 heterocycles. The number of anilines is 2. The molecule has 2 aliphatic heterocycles. The van der Waals surface area contributed by atoms with Crippen LogP contribution in [-0.2, 0) is 4.74 Å². The fourth-order valence-electron chi connectivity index (χ4n) is 3.49. The van der Waals surface area contributed by atoms with Crippen LogP contribution in [0, 0.1) is 0 Å². The van der Waals surface area contributed by atoms with Crippen LogP contribution < -0.4 is 9.64 Å². The molecule has 0 amide bonds. The molecule has 0 bridgehead atoms. The van der Waals surface area contributed by atoms with Gasteiger partial charge in [-0.25, -0.2) is 0 Å². The van der Waals surface area contributed by atoms with Crippen molar-refractivity contribution in [3.63, 3.8) is 0 Å². The van der Waals surface area contributed by atoms with Gasteiger partial charge in [0.05, 0.1) is 18.9 Å². The quantitative estimate of drug-likeness (QED) is 0.792. The molecule has 0 radical (unpaired) electrons. The minimum atomic E-state index is -4.69. The van der Waals surface area contributed by atoms with Crippen LogP contribution in [-0.4, -0.2) is 44.1 Å². The Hall–Kier alpha value is -2.67. The molecule has 2 aromatic rings. The topological polar surface area (TPSA) is 24.9 Å². The summed E-state index contributed by atoms with van der Waals surface area (Å²) in [5.41, 5.74) is 4.14. The van der Waals surface area contributed by atoms with Crippen molar-refractivity contribution in [2.24, 2.45) is 0 Å². The Morgan fingerprint density at radius 3 is 2.33 bits per heavy atom. The van der Waals surface area contributed by atoms with Crippen molar-refractivity contribution >= 4 is 17.1 Å². The van der Waals surface area contributed by atoms with Gasteiger partial charge >= 0.3 is 6.36 Å². The Morgan fingerprint density at radius 1 is 0.926 bits per heavy atom. The summed E-state index contributed by atoms with van der Waals surface area (Å²) in [7, 11) is 0. The van der Waals surface area contributed by atoms with E-state index in [9.17, 15) is 13.2 Å². The van der Waals surface area contributed by atoms with Gasteiger partial charge in [-0.05, 0) is 36.4 Å². The number of rotatable bonds is 3. The Bertz CT molecular complexity index is 828. The van der Waals surface area contributed by atoms with Crippen molar-refractivity contribution in [2.75, 3.05) is 37.7 Å². The predicted octanol–water partition coefficient (Wildman–Crippen LogP) is 4.41. The summed E-state index contributed by atoms with van der Waals surface area (Å²) in [6, 6.07) is 14.0. The second-order valence-corrected chi connectivity index (χ2v) is 6.36. The van der Waals surface area contributed by atoms with Crippen LogP contribution in [0.5, 0.6) is 5.75 Å². The molecule has 1 saturated heterocycles. The van der Waals surface area contributed by atoms with E-state index >= 15 is 0 Å². The van der Waals surface area contributed by atoms with E-state index in [1.165, 1.54) is 17.8 Å². The molecule has 2 aromatic carbocycles. The van der Waals surface area contributed by atoms with Gasteiger partial charge in [-0.15, -0.1) is 13.2 Å². The zero-order valence-corrected chi connectivity index (χ0v) is 14.6. The van der Waals surface area contributed by atoms with Crippen LogP contribution in [0.15, 0.2) is 54.6 Å². The Labute approximate surface area is 155 Å². The van der Waals surface area contributed by atoms with Crippen molar-refractivity contribution < 1.29 is 22.6 Å². The van der Waals surface area contributed by atoms with Crippen molar-refractivity contribution in [3.8, 4) is 5.75 Å². The van der Waals surface area contributed by atoms with E-state index < -0.39 is 6.36 Å². The van der Waals surface area contributed by atoms with Gasteiger partial charge in [0, 0.05) is 36.6 Å². The number of para-hydroxylation sites is 1. The van der Waals surface area contributed by atoms with Gasteiger partial charge in [0.2, 0.25) is 0 Å². The third-order valence-corrected chi connectivity index (χ3v) is 4.67. The van der Waals surface area contributed by atoms with Crippen LogP contribution in [0.4, 0.5) is 24.5 Å². The number of hydrogen-bond donors (Lipinski definition) is 0. The number of alkyl halides is 3. The monoisotopic (exact) mass is 376 g/mol. The largest absolute Gasteiger partial charge is 0.573 e. The molecule has 0 spiro atoms. The molecule has 0 atom stereocenters. The van der Waals surface area contributed by atoms with Crippen molar-refractivity contribution in [2.45, 2.75) is 6.36 Å². The maximum Gasteiger partial charge on any atom is 0.573 e. The van der Waals surface area contributed by atoms with E-state index in [2.05, 4.69) is 26.7 Å². The predicted molar refractivity (Wildman–Crippen MR) is 96.9 cm³/mol. The van der Waals surface area contributed by atoms with E-state index in [1.807, 2.05) is 18.2 Å². The lowest BCUT2D eigenvalue weighted by molar-refractivity contribution is -0.274. The van der Waals surface area contributed by atoms with Gasteiger partial charge in [-0.2, -0.15) is 0 Å². The standard InChI is InChI=1S/C20H19F3N2O2/c21-20(22,23)27-16-7-5-15(6-8-16)25-10-9-18(24-11-13-26-14-12-24)17-3-1-2-4-19(17)25/h1-9H,10-14H2. The van der Waals surface area contributed by atoms with Crippen LogP contribution in [0.2, 0.25) is 0 Å². The minimum absolute atomic E-state index is 0.221. The fraction of sp³-hybridized carbons (Fsp3) is 0.300. The third kappa shape index (κ3) is 3.88. The number of fused-ring (bicyclic) bond motifs is 1. The highest BCUT2D eigenvalue weighted by Crippen LogP contribution is 2.38. The molecule has 2 aliphatic rings. The van der Waals surface area contributed by atoms with Crippen LogP contribution in [0.1, 0.15) is 5.56 Å². The molecule has 4 rings (SSSR count). The van der Waals surface area contributed by atoms with Gasteiger partial charge in [0.25, 0.3) is 0 Å². The summed E-state index contributed by atoms with van der Waals surface area (Å²) in [5.74, 6) is -0.221. The number of morpholine rings is 1. The molecule has 4 nitrogen and oxygen atoms in total. The SMILES string of the molecule is FC(F)(F)Oc1ccc(N2CC=C(N3CCOCC3)c3ccccc32)cc1. The highest BCUT2D eigenvalue weighted by atomic mass is 19.4. The second-order valence-electron chi connectivity index (χ2n) is 6.36. The lowest BCUT2D eigenvalue weighted by Crippen LogP contribution is -2.37. The van der Waals surface area contributed by atoms with E-state index in [1.54, 1.807) is 12.1 Å². The average Bonchev–Trinajstić information content (AvgIpc) is 2.67. The first-order chi connectivity index (χ1) is 13.0. The Morgan fingerprint density at radius 2 is 1.63 bits per heavy atom. The summed E-state index contributed by atoms with van der Waals surface area (Å²) in [5, 5.41) is 0. The third-order valence-electron chi connectivity index (χ3n) is 4.67. The molecule has 0 saturated carbocycles. The molecule has 7 heteroatoms. The zero-order chi connectivity index (χ0) is 18.9. The molecule has 1 fully saturated rings. The first-order valence-electron chi connectivity index (χ1n) is 8.77. The Balaban J connectivity index is 1.61. The van der Waals surface area contributed by atoms with E-state index in [0.29, 0.717) is 19.8 Å². The number of hydrogen-bond acceptors (Lipinski definition) is 4. The molecular formula is C20H19F3N2O2. The smallest absolute Gasteiger partial charge is 0.406 e. The zero-order valence-electron chi connectivity index (χ0n) is 14.6.